The minimum absolute atomic E-state index is 0.281. The summed E-state index contributed by atoms with van der Waals surface area (Å²) < 4.78 is 12.3. The van der Waals surface area contributed by atoms with Crippen molar-refractivity contribution in [1.29, 1.82) is 0 Å². The van der Waals surface area contributed by atoms with Crippen LogP contribution in [0, 0.1) is 11.8 Å². The van der Waals surface area contributed by atoms with Crippen LogP contribution in [-0.2, 0) is 9.47 Å². The Labute approximate surface area is 117 Å². The summed E-state index contributed by atoms with van der Waals surface area (Å²) in [6.45, 7) is 9.86. The van der Waals surface area contributed by atoms with Crippen LogP contribution < -0.4 is 5.32 Å². The Morgan fingerprint density at radius 2 is 2.00 bits per heavy atom. The molecule has 2 atom stereocenters. The second-order valence-electron chi connectivity index (χ2n) is 5.92. The minimum atomic E-state index is -0.281. The number of nitrogens with one attached hydrogen (secondary N) is 1. The van der Waals surface area contributed by atoms with Gasteiger partial charge in [0.1, 0.15) is 0 Å². The summed E-state index contributed by atoms with van der Waals surface area (Å²) in [5.74, 6) is 0.795. The fraction of sp³-hybridized carbons (Fsp3) is 0.875. The molecule has 0 unspecified atom stereocenters. The van der Waals surface area contributed by atoms with Gasteiger partial charge in [-0.2, -0.15) is 0 Å². The van der Waals surface area contributed by atoms with E-state index in [0.29, 0.717) is 11.8 Å². The highest BCUT2D eigenvalue weighted by Gasteiger charge is 2.48. The molecule has 1 heterocycles. The van der Waals surface area contributed by atoms with E-state index in [0.717, 1.165) is 45.6 Å². The van der Waals surface area contributed by atoms with Gasteiger partial charge in [-0.25, -0.2) is 0 Å². The quantitative estimate of drug-likeness (QED) is 0.592. The highest BCUT2D eigenvalue weighted by Crippen LogP contribution is 2.45. The summed E-state index contributed by atoms with van der Waals surface area (Å²) in [6, 6.07) is 0. The van der Waals surface area contributed by atoms with E-state index in [-0.39, 0.29) is 5.79 Å². The predicted octanol–water partition coefficient (Wildman–Crippen LogP) is 3.11. The van der Waals surface area contributed by atoms with Gasteiger partial charge in [0.2, 0.25) is 0 Å². The van der Waals surface area contributed by atoms with Crippen LogP contribution in [0.15, 0.2) is 12.7 Å². The average molecular weight is 267 g/mol. The molecule has 0 aromatic heterocycles. The van der Waals surface area contributed by atoms with Crippen molar-refractivity contribution in [2.24, 2.45) is 11.8 Å². The molecule has 0 radical (unpaired) electrons. The number of rotatable bonds is 6. The zero-order chi connectivity index (χ0) is 13.6. The summed E-state index contributed by atoms with van der Waals surface area (Å²) in [5.41, 5.74) is 0. The van der Waals surface area contributed by atoms with E-state index in [1.165, 1.54) is 19.3 Å². The molecule has 0 aromatic rings. The van der Waals surface area contributed by atoms with Gasteiger partial charge >= 0.3 is 0 Å². The Kier molecular flexibility index (Phi) is 5.86. The van der Waals surface area contributed by atoms with E-state index >= 15 is 0 Å². The van der Waals surface area contributed by atoms with E-state index in [1.807, 2.05) is 6.08 Å². The van der Waals surface area contributed by atoms with Crippen molar-refractivity contribution in [3.63, 3.8) is 0 Å². The van der Waals surface area contributed by atoms with Gasteiger partial charge in [0.25, 0.3) is 0 Å². The first kappa shape index (κ1) is 15.0. The Balaban J connectivity index is 1.86. The zero-order valence-electron chi connectivity index (χ0n) is 12.3. The summed E-state index contributed by atoms with van der Waals surface area (Å²) in [6.07, 6.45) is 8.99. The molecular formula is C16H29NO2. The van der Waals surface area contributed by atoms with Gasteiger partial charge in [-0.3, -0.25) is 0 Å². The van der Waals surface area contributed by atoms with Crippen molar-refractivity contribution < 1.29 is 9.47 Å². The first-order chi connectivity index (χ1) is 9.29. The third-order valence-corrected chi connectivity index (χ3v) is 4.58. The number of hydrogen-bond donors (Lipinski definition) is 1. The van der Waals surface area contributed by atoms with Crippen LogP contribution in [0.4, 0.5) is 0 Å². The van der Waals surface area contributed by atoms with Gasteiger partial charge in [-0.05, 0) is 45.2 Å². The normalized spacial score (nSPS) is 30.4. The first-order valence-corrected chi connectivity index (χ1v) is 7.89. The SMILES string of the molecule is C=CCCNCC[C@@H]1CCC[C@@H](C)C12OCCCO2. The maximum absolute atomic E-state index is 6.14. The van der Waals surface area contributed by atoms with Crippen LogP contribution >= 0.6 is 0 Å². The van der Waals surface area contributed by atoms with Gasteiger partial charge in [0.15, 0.2) is 5.79 Å². The van der Waals surface area contributed by atoms with E-state index in [4.69, 9.17) is 9.47 Å². The lowest BCUT2D eigenvalue weighted by atomic mass is 9.74. The molecule has 2 aliphatic rings. The average Bonchev–Trinajstić information content (AvgIpc) is 2.44. The molecule has 2 rings (SSSR count). The lowest BCUT2D eigenvalue weighted by Crippen LogP contribution is -2.54. The minimum Gasteiger partial charge on any atom is -0.349 e. The van der Waals surface area contributed by atoms with Gasteiger partial charge in [0.05, 0.1) is 13.2 Å². The lowest BCUT2D eigenvalue weighted by Gasteiger charge is -2.49. The van der Waals surface area contributed by atoms with E-state index in [1.54, 1.807) is 0 Å². The van der Waals surface area contributed by atoms with Crippen LogP contribution in [0.5, 0.6) is 0 Å². The molecule has 3 nitrogen and oxygen atoms in total. The molecular weight excluding hydrogens is 238 g/mol. The smallest absolute Gasteiger partial charge is 0.173 e. The summed E-state index contributed by atoms with van der Waals surface area (Å²) >= 11 is 0. The molecule has 1 saturated heterocycles. The fourth-order valence-corrected chi connectivity index (χ4v) is 3.51. The second-order valence-corrected chi connectivity index (χ2v) is 5.92. The van der Waals surface area contributed by atoms with Gasteiger partial charge in [-0.15, -0.1) is 6.58 Å². The van der Waals surface area contributed by atoms with Crippen LogP contribution in [0.25, 0.3) is 0 Å². The largest absolute Gasteiger partial charge is 0.349 e. The molecule has 2 fully saturated rings. The van der Waals surface area contributed by atoms with Crippen LogP contribution in [-0.4, -0.2) is 32.1 Å². The Bertz CT molecular complexity index is 274. The molecule has 1 N–H and O–H groups in total. The highest BCUT2D eigenvalue weighted by atomic mass is 16.7. The Morgan fingerprint density at radius 1 is 1.21 bits per heavy atom. The van der Waals surface area contributed by atoms with Crippen molar-refractivity contribution in [1.82, 2.24) is 5.32 Å². The van der Waals surface area contributed by atoms with Crippen molar-refractivity contribution in [3.8, 4) is 0 Å². The maximum atomic E-state index is 6.14. The molecule has 19 heavy (non-hydrogen) atoms. The van der Waals surface area contributed by atoms with E-state index in [9.17, 15) is 0 Å². The first-order valence-electron chi connectivity index (χ1n) is 7.89. The topological polar surface area (TPSA) is 30.5 Å². The van der Waals surface area contributed by atoms with Gasteiger partial charge < -0.3 is 14.8 Å². The molecule has 0 bridgehead atoms. The lowest BCUT2D eigenvalue weighted by molar-refractivity contribution is -0.328. The van der Waals surface area contributed by atoms with Crippen molar-refractivity contribution >= 4 is 0 Å². The molecule has 110 valence electrons. The third kappa shape index (κ3) is 3.59. The molecule has 1 aliphatic heterocycles. The second kappa shape index (κ2) is 7.41. The fourth-order valence-electron chi connectivity index (χ4n) is 3.51. The van der Waals surface area contributed by atoms with E-state index < -0.39 is 0 Å². The number of hydrogen-bond acceptors (Lipinski definition) is 3. The summed E-state index contributed by atoms with van der Waals surface area (Å²) in [7, 11) is 0. The van der Waals surface area contributed by atoms with Crippen molar-refractivity contribution in [2.45, 2.75) is 51.2 Å². The highest BCUT2D eigenvalue weighted by molar-refractivity contribution is 4.90. The van der Waals surface area contributed by atoms with Crippen molar-refractivity contribution in [3.05, 3.63) is 12.7 Å². The van der Waals surface area contributed by atoms with Crippen LogP contribution in [0.3, 0.4) is 0 Å². The molecule has 0 aromatic carbocycles. The van der Waals surface area contributed by atoms with Gasteiger partial charge in [-0.1, -0.05) is 19.4 Å². The van der Waals surface area contributed by atoms with Crippen LogP contribution in [0.2, 0.25) is 0 Å². The predicted molar refractivity (Wildman–Crippen MR) is 78.1 cm³/mol. The maximum Gasteiger partial charge on any atom is 0.173 e. The van der Waals surface area contributed by atoms with E-state index in [2.05, 4.69) is 18.8 Å². The van der Waals surface area contributed by atoms with Gasteiger partial charge in [0, 0.05) is 11.8 Å². The third-order valence-electron chi connectivity index (χ3n) is 4.58. The standard InChI is InChI=1S/C16H29NO2/c1-3-4-10-17-11-9-15-8-5-7-14(2)16(15)18-12-6-13-19-16/h3,14-15,17H,1,4-13H2,2H3/t14-,15+/m1/s1. The molecule has 1 aliphatic carbocycles. The molecule has 0 amide bonds. The monoisotopic (exact) mass is 267 g/mol. The summed E-state index contributed by atoms with van der Waals surface area (Å²) in [4.78, 5) is 0. The van der Waals surface area contributed by atoms with Crippen LogP contribution in [0.1, 0.15) is 45.4 Å². The molecule has 1 spiro atoms. The molecule has 3 heteroatoms. The zero-order valence-corrected chi connectivity index (χ0v) is 12.3. The molecule has 1 saturated carbocycles. The Morgan fingerprint density at radius 3 is 2.74 bits per heavy atom. The number of ether oxygens (including phenoxy) is 2. The Hall–Kier alpha value is -0.380. The van der Waals surface area contributed by atoms with Crippen molar-refractivity contribution in [2.75, 3.05) is 26.3 Å². The summed E-state index contributed by atoms with van der Waals surface area (Å²) in [5, 5.41) is 3.49.